The van der Waals surface area contributed by atoms with Crippen LogP contribution < -0.4 is 0 Å². The predicted molar refractivity (Wildman–Crippen MR) is 103 cm³/mol. The third-order valence-electron chi connectivity index (χ3n) is 4.05. The van der Waals surface area contributed by atoms with E-state index in [1.54, 1.807) is 6.07 Å². The van der Waals surface area contributed by atoms with Crippen LogP contribution >= 0.6 is 15.9 Å². The number of allylic oxidation sites excluding steroid dienone is 2. The van der Waals surface area contributed by atoms with Gasteiger partial charge in [0.05, 0.1) is 5.56 Å². The van der Waals surface area contributed by atoms with Crippen molar-refractivity contribution in [3.05, 3.63) is 94.1 Å². The molecule has 0 aliphatic carbocycles. The number of hydrogen-bond donors (Lipinski definition) is 0. The number of amidine groups is 2. The van der Waals surface area contributed by atoms with Crippen molar-refractivity contribution in [2.45, 2.75) is 6.54 Å². The molecule has 4 rings (SSSR count). The number of carbonyl (C=O) groups excluding carboxylic acids is 1. The van der Waals surface area contributed by atoms with Gasteiger partial charge >= 0.3 is 0 Å². The summed E-state index contributed by atoms with van der Waals surface area (Å²) in [6.07, 6.45) is 7.80. The molecule has 0 unspecified atom stereocenters. The van der Waals surface area contributed by atoms with E-state index in [2.05, 4.69) is 25.9 Å². The minimum atomic E-state index is -0.314. The Labute approximate surface area is 154 Å². The first-order valence-corrected chi connectivity index (χ1v) is 8.68. The third-order valence-corrected chi connectivity index (χ3v) is 4.74. The lowest BCUT2D eigenvalue weighted by Gasteiger charge is -2.20. The van der Waals surface area contributed by atoms with Crippen LogP contribution in [0.3, 0.4) is 0 Å². The van der Waals surface area contributed by atoms with Gasteiger partial charge in [-0.15, -0.1) is 0 Å². The fourth-order valence-corrected chi connectivity index (χ4v) is 3.26. The third kappa shape index (κ3) is 3.10. The molecule has 0 spiro atoms. The molecule has 25 heavy (non-hydrogen) atoms. The summed E-state index contributed by atoms with van der Waals surface area (Å²) in [4.78, 5) is 23.7. The second-order valence-corrected chi connectivity index (χ2v) is 6.53. The van der Waals surface area contributed by atoms with Crippen molar-refractivity contribution in [2.24, 2.45) is 9.98 Å². The molecule has 0 N–H and O–H groups in total. The monoisotopic (exact) mass is 391 g/mol. The first-order valence-electron chi connectivity index (χ1n) is 7.88. The highest BCUT2D eigenvalue weighted by molar-refractivity contribution is 9.10. The Morgan fingerprint density at radius 3 is 2.76 bits per heavy atom. The Kier molecular flexibility index (Phi) is 4.15. The van der Waals surface area contributed by atoms with E-state index in [-0.39, 0.29) is 5.91 Å². The van der Waals surface area contributed by atoms with E-state index in [0.717, 1.165) is 21.4 Å². The van der Waals surface area contributed by atoms with Gasteiger partial charge < -0.3 is 4.90 Å². The molecule has 0 atom stereocenters. The van der Waals surface area contributed by atoms with Gasteiger partial charge in [0.25, 0.3) is 5.91 Å². The summed E-state index contributed by atoms with van der Waals surface area (Å²) in [6, 6.07) is 15.2. The van der Waals surface area contributed by atoms with Crippen molar-refractivity contribution in [1.29, 1.82) is 0 Å². The number of nitrogens with zero attached hydrogens (tertiary/aromatic N) is 3. The summed E-state index contributed by atoms with van der Waals surface area (Å²) in [5.41, 5.74) is 2.49. The number of aliphatic imine (C=N–C) groups is 2. The van der Waals surface area contributed by atoms with Crippen molar-refractivity contribution in [2.75, 3.05) is 0 Å². The van der Waals surface area contributed by atoms with E-state index in [1.165, 1.54) is 0 Å². The number of hydrogen-bond acceptors (Lipinski definition) is 2. The predicted octanol–water partition coefficient (Wildman–Crippen LogP) is 4.33. The summed E-state index contributed by atoms with van der Waals surface area (Å²) in [5.74, 6) is 0.900. The number of amides is 1. The van der Waals surface area contributed by atoms with Gasteiger partial charge in [0.15, 0.2) is 5.84 Å². The van der Waals surface area contributed by atoms with E-state index < -0.39 is 0 Å². The SMILES string of the molecule is O=C(N=C1N=C2C=CC=CN2Cc2ccccc21)c1ccccc1Br. The number of fused-ring (bicyclic) bond motifs is 2. The summed E-state index contributed by atoms with van der Waals surface area (Å²) in [7, 11) is 0. The Morgan fingerprint density at radius 2 is 1.88 bits per heavy atom. The van der Waals surface area contributed by atoms with Crippen molar-refractivity contribution >= 4 is 33.5 Å². The molecule has 0 fully saturated rings. The summed E-state index contributed by atoms with van der Waals surface area (Å²) in [6.45, 7) is 0.693. The number of halogens is 1. The normalized spacial score (nSPS) is 16.9. The molecule has 5 heteroatoms. The van der Waals surface area contributed by atoms with Gasteiger partial charge in [-0.3, -0.25) is 4.79 Å². The molecule has 0 radical (unpaired) electrons. The Morgan fingerprint density at radius 1 is 1.08 bits per heavy atom. The molecule has 0 saturated heterocycles. The van der Waals surface area contributed by atoms with Crippen LogP contribution in [0.1, 0.15) is 21.5 Å². The van der Waals surface area contributed by atoms with Gasteiger partial charge in [-0.1, -0.05) is 42.5 Å². The topological polar surface area (TPSA) is 45.0 Å². The zero-order valence-electron chi connectivity index (χ0n) is 13.3. The second kappa shape index (κ2) is 6.61. The minimum Gasteiger partial charge on any atom is -0.329 e. The highest BCUT2D eigenvalue weighted by Crippen LogP contribution is 2.22. The van der Waals surface area contributed by atoms with Crippen LogP contribution in [0.5, 0.6) is 0 Å². The van der Waals surface area contributed by atoms with Gasteiger partial charge in [0.2, 0.25) is 0 Å². The molecule has 0 saturated carbocycles. The zero-order chi connectivity index (χ0) is 17.2. The number of rotatable bonds is 1. The zero-order valence-corrected chi connectivity index (χ0v) is 14.8. The quantitative estimate of drug-likeness (QED) is 0.725. The Bertz CT molecular complexity index is 972. The van der Waals surface area contributed by atoms with Crippen LogP contribution in [0, 0.1) is 0 Å². The minimum absolute atomic E-state index is 0.314. The van der Waals surface area contributed by atoms with Gasteiger partial charge in [0, 0.05) is 22.8 Å². The van der Waals surface area contributed by atoms with Crippen LogP contribution in [0.2, 0.25) is 0 Å². The Balaban J connectivity index is 1.84. The fraction of sp³-hybridized carbons (Fsp3) is 0.0500. The summed E-state index contributed by atoms with van der Waals surface area (Å²) < 4.78 is 0.723. The fourth-order valence-electron chi connectivity index (χ4n) is 2.81. The van der Waals surface area contributed by atoms with E-state index >= 15 is 0 Å². The number of carbonyl (C=O) groups is 1. The first-order chi connectivity index (χ1) is 12.2. The largest absolute Gasteiger partial charge is 0.329 e. The van der Waals surface area contributed by atoms with E-state index in [4.69, 9.17) is 0 Å². The summed E-state index contributed by atoms with van der Waals surface area (Å²) >= 11 is 3.41. The number of benzene rings is 2. The first kappa shape index (κ1) is 15.7. The van der Waals surface area contributed by atoms with Gasteiger partial charge in [0.1, 0.15) is 5.84 Å². The molecule has 2 aliphatic heterocycles. The molecule has 2 aromatic rings. The van der Waals surface area contributed by atoms with Gasteiger partial charge in [-0.25, -0.2) is 4.99 Å². The molecule has 0 bridgehead atoms. The van der Waals surface area contributed by atoms with Crippen molar-refractivity contribution in [3.8, 4) is 0 Å². The van der Waals surface area contributed by atoms with Crippen LogP contribution in [0.4, 0.5) is 0 Å². The van der Waals surface area contributed by atoms with Gasteiger partial charge in [-0.05, 0) is 45.8 Å². The lowest BCUT2D eigenvalue weighted by atomic mass is 10.1. The van der Waals surface area contributed by atoms with Crippen LogP contribution in [-0.2, 0) is 6.54 Å². The Hall–Kier alpha value is -2.79. The molecule has 122 valence electrons. The standard InChI is InChI=1S/C20H14BrN3O/c21-17-10-4-3-9-16(17)20(25)23-19-15-8-2-1-7-14(15)13-24-12-6-5-11-18(24)22-19/h1-12H,13H2. The van der Waals surface area contributed by atoms with Crippen LogP contribution in [-0.4, -0.2) is 22.5 Å². The molecule has 1 amide bonds. The van der Waals surface area contributed by atoms with E-state index in [1.807, 2.05) is 71.8 Å². The highest BCUT2D eigenvalue weighted by Gasteiger charge is 2.21. The maximum absolute atomic E-state index is 12.7. The van der Waals surface area contributed by atoms with E-state index in [9.17, 15) is 4.79 Å². The maximum atomic E-state index is 12.7. The molecule has 0 aromatic heterocycles. The smallest absolute Gasteiger partial charge is 0.280 e. The van der Waals surface area contributed by atoms with Crippen LogP contribution in [0.25, 0.3) is 0 Å². The second-order valence-electron chi connectivity index (χ2n) is 5.68. The average Bonchev–Trinajstić information content (AvgIpc) is 2.78. The molecule has 2 aliphatic rings. The maximum Gasteiger partial charge on any atom is 0.280 e. The lowest BCUT2D eigenvalue weighted by Crippen LogP contribution is -2.24. The molecular formula is C20H14BrN3O. The average molecular weight is 392 g/mol. The van der Waals surface area contributed by atoms with Crippen LogP contribution in [0.15, 0.2) is 87.4 Å². The molecule has 4 nitrogen and oxygen atoms in total. The van der Waals surface area contributed by atoms with Crippen molar-refractivity contribution in [1.82, 2.24) is 4.90 Å². The van der Waals surface area contributed by atoms with Crippen molar-refractivity contribution < 1.29 is 4.79 Å². The molecule has 2 aromatic carbocycles. The van der Waals surface area contributed by atoms with Crippen molar-refractivity contribution in [3.63, 3.8) is 0 Å². The van der Waals surface area contributed by atoms with Gasteiger partial charge in [-0.2, -0.15) is 4.99 Å². The lowest BCUT2D eigenvalue weighted by molar-refractivity contribution is 0.100. The highest BCUT2D eigenvalue weighted by atomic mass is 79.9. The van der Waals surface area contributed by atoms with E-state index in [0.29, 0.717) is 17.9 Å². The molecule has 2 heterocycles. The molecular weight excluding hydrogens is 378 g/mol. The summed E-state index contributed by atoms with van der Waals surface area (Å²) in [5, 5.41) is 0.